The van der Waals surface area contributed by atoms with E-state index in [1.54, 1.807) is 25.3 Å². The van der Waals surface area contributed by atoms with Crippen molar-refractivity contribution in [1.29, 1.82) is 0 Å². The highest BCUT2D eigenvalue weighted by molar-refractivity contribution is 6.32. The van der Waals surface area contributed by atoms with Crippen LogP contribution in [-0.4, -0.2) is 38.4 Å². The van der Waals surface area contributed by atoms with Crippen molar-refractivity contribution in [3.8, 4) is 5.75 Å². The van der Waals surface area contributed by atoms with Crippen LogP contribution in [0.15, 0.2) is 18.2 Å². The Balaban J connectivity index is 2.06. The molecule has 1 fully saturated rings. The summed E-state index contributed by atoms with van der Waals surface area (Å²) in [5.74, 6) is 0.957. The summed E-state index contributed by atoms with van der Waals surface area (Å²) in [7, 11) is 1.62. The van der Waals surface area contributed by atoms with Gasteiger partial charge in [-0.15, -0.1) is 0 Å². The molecule has 0 spiro atoms. The second kappa shape index (κ2) is 9.41. The third kappa shape index (κ3) is 5.33. The minimum Gasteiger partial charge on any atom is -0.490 e. The number of halogens is 1. The fourth-order valence-corrected chi connectivity index (χ4v) is 3.59. The van der Waals surface area contributed by atoms with E-state index in [9.17, 15) is 4.79 Å². The Hall–Kier alpha value is -1.30. The average Bonchev–Trinajstić information content (AvgIpc) is 2.57. The molecule has 0 radical (unpaired) electrons. The van der Waals surface area contributed by atoms with Crippen LogP contribution in [0.25, 0.3) is 0 Å². The number of carbonyl (C=O) groups excluding carboxylic acids is 1. The molecule has 1 aromatic carbocycles. The van der Waals surface area contributed by atoms with E-state index < -0.39 is 5.60 Å². The topological polar surface area (TPSA) is 56.8 Å². The fourth-order valence-electron chi connectivity index (χ4n) is 3.36. The summed E-state index contributed by atoms with van der Waals surface area (Å²) >= 11 is 6.25. The second-order valence-corrected chi connectivity index (χ2v) is 6.98. The maximum absolute atomic E-state index is 12.9. The minimum absolute atomic E-state index is 0.0926. The Kier molecular flexibility index (Phi) is 7.54. The van der Waals surface area contributed by atoms with Crippen LogP contribution < -0.4 is 10.1 Å². The maximum Gasteiger partial charge on any atom is 0.256 e. The summed E-state index contributed by atoms with van der Waals surface area (Å²) in [4.78, 5) is 12.9. The number of nitrogens with one attached hydrogen (secondary N) is 1. The zero-order valence-corrected chi connectivity index (χ0v) is 16.0. The van der Waals surface area contributed by atoms with E-state index in [0.717, 1.165) is 25.7 Å². The van der Waals surface area contributed by atoms with Crippen LogP contribution in [0, 0.1) is 5.92 Å². The van der Waals surface area contributed by atoms with E-state index >= 15 is 0 Å². The summed E-state index contributed by atoms with van der Waals surface area (Å²) in [6.45, 7) is 5.53. The molecular weight excluding hydrogens is 342 g/mol. The summed E-state index contributed by atoms with van der Waals surface area (Å²) in [6.07, 6.45) is 3.64. The lowest BCUT2D eigenvalue weighted by atomic mass is 9.78. The van der Waals surface area contributed by atoms with Crippen LogP contribution in [0.2, 0.25) is 5.02 Å². The van der Waals surface area contributed by atoms with Gasteiger partial charge in [-0.3, -0.25) is 4.79 Å². The molecule has 0 unspecified atom stereocenters. The molecule has 0 aliphatic heterocycles. The smallest absolute Gasteiger partial charge is 0.256 e. The molecule has 0 saturated heterocycles. The van der Waals surface area contributed by atoms with Crippen molar-refractivity contribution in [2.24, 2.45) is 5.92 Å². The van der Waals surface area contributed by atoms with E-state index in [2.05, 4.69) is 12.2 Å². The molecule has 1 aliphatic rings. The van der Waals surface area contributed by atoms with Crippen molar-refractivity contribution in [2.45, 2.75) is 45.1 Å². The lowest BCUT2D eigenvalue weighted by Crippen LogP contribution is -2.48. The predicted molar refractivity (Wildman–Crippen MR) is 99.4 cm³/mol. The van der Waals surface area contributed by atoms with Crippen LogP contribution in [0.3, 0.4) is 0 Å². The van der Waals surface area contributed by atoms with Gasteiger partial charge in [-0.2, -0.15) is 0 Å². The monoisotopic (exact) mass is 369 g/mol. The fraction of sp³-hybridized carbons (Fsp3) is 0.632. The highest BCUT2D eigenvalue weighted by Gasteiger charge is 2.42. The molecule has 1 amide bonds. The van der Waals surface area contributed by atoms with Gasteiger partial charge in [0.15, 0.2) is 0 Å². The van der Waals surface area contributed by atoms with Crippen molar-refractivity contribution in [3.63, 3.8) is 0 Å². The van der Waals surface area contributed by atoms with Crippen molar-refractivity contribution in [3.05, 3.63) is 23.2 Å². The van der Waals surface area contributed by atoms with Crippen LogP contribution in [-0.2, 0) is 14.3 Å². The molecule has 2 rings (SSSR count). The highest BCUT2D eigenvalue weighted by atomic mass is 35.5. The SMILES string of the molecule is CCO[C@@]1(C(=O)Nc2ccc(OCCOC)c(Cl)c2)CCC[C@@H](C)C1. The normalized spacial score (nSPS) is 23.3. The van der Waals surface area contributed by atoms with Crippen molar-refractivity contribution >= 4 is 23.2 Å². The molecule has 2 atom stereocenters. The van der Waals surface area contributed by atoms with Crippen molar-refractivity contribution < 1.29 is 19.0 Å². The standard InChI is InChI=1S/C19H28ClNO4/c1-4-25-19(9-5-6-14(2)13-19)18(22)21-15-7-8-17(16(20)12-15)24-11-10-23-3/h7-8,12,14H,4-6,9-11,13H2,1-3H3,(H,21,22)/t14-,19+/m1/s1. The van der Waals surface area contributed by atoms with Crippen LogP contribution in [0.4, 0.5) is 5.69 Å². The minimum atomic E-state index is -0.744. The lowest BCUT2D eigenvalue weighted by molar-refractivity contribution is -0.147. The third-order valence-electron chi connectivity index (χ3n) is 4.52. The number of hydrogen-bond donors (Lipinski definition) is 1. The zero-order chi connectivity index (χ0) is 18.3. The van der Waals surface area contributed by atoms with E-state index in [1.807, 2.05) is 6.92 Å². The summed E-state index contributed by atoms with van der Waals surface area (Å²) in [5, 5.41) is 3.42. The third-order valence-corrected chi connectivity index (χ3v) is 4.82. The highest BCUT2D eigenvalue weighted by Crippen LogP contribution is 2.36. The number of benzene rings is 1. The second-order valence-electron chi connectivity index (χ2n) is 6.57. The van der Waals surface area contributed by atoms with Crippen molar-refractivity contribution in [1.82, 2.24) is 0 Å². The molecule has 0 aromatic heterocycles. The molecule has 0 heterocycles. The zero-order valence-electron chi connectivity index (χ0n) is 15.3. The van der Waals surface area contributed by atoms with E-state index in [1.165, 1.54) is 0 Å². The Morgan fingerprint density at radius 2 is 2.20 bits per heavy atom. The molecule has 140 valence electrons. The molecule has 1 aromatic rings. The summed E-state index contributed by atoms with van der Waals surface area (Å²) in [6, 6.07) is 5.25. The van der Waals surface area contributed by atoms with Gasteiger partial charge in [0, 0.05) is 19.4 Å². The molecule has 1 N–H and O–H groups in total. The van der Waals surface area contributed by atoms with Gasteiger partial charge in [-0.05, 0) is 50.3 Å². The van der Waals surface area contributed by atoms with Gasteiger partial charge in [-0.1, -0.05) is 24.9 Å². The average molecular weight is 370 g/mol. The molecule has 0 bridgehead atoms. The largest absolute Gasteiger partial charge is 0.490 e. The number of hydrogen-bond acceptors (Lipinski definition) is 4. The number of amides is 1. The number of ether oxygens (including phenoxy) is 3. The predicted octanol–water partition coefficient (Wildman–Crippen LogP) is 4.29. The first-order valence-electron chi connectivity index (χ1n) is 8.87. The maximum atomic E-state index is 12.9. The molecule has 6 heteroatoms. The van der Waals surface area contributed by atoms with Gasteiger partial charge < -0.3 is 19.5 Å². The van der Waals surface area contributed by atoms with Gasteiger partial charge in [0.25, 0.3) is 5.91 Å². The summed E-state index contributed by atoms with van der Waals surface area (Å²) < 4.78 is 16.4. The Labute approximate surface area is 155 Å². The van der Waals surface area contributed by atoms with Gasteiger partial charge >= 0.3 is 0 Å². The number of carbonyl (C=O) groups is 1. The first-order chi connectivity index (χ1) is 12.0. The number of rotatable bonds is 8. The number of methoxy groups -OCH3 is 1. The summed E-state index contributed by atoms with van der Waals surface area (Å²) in [5.41, 5.74) is -0.0987. The first-order valence-corrected chi connectivity index (χ1v) is 9.25. The van der Waals surface area contributed by atoms with Gasteiger partial charge in [0.2, 0.25) is 0 Å². The Bertz CT molecular complexity index is 577. The van der Waals surface area contributed by atoms with E-state index in [0.29, 0.717) is 42.2 Å². The van der Waals surface area contributed by atoms with Crippen molar-refractivity contribution in [2.75, 3.05) is 32.2 Å². The molecule has 1 saturated carbocycles. The lowest BCUT2D eigenvalue weighted by Gasteiger charge is -2.38. The molecule has 1 aliphatic carbocycles. The van der Waals surface area contributed by atoms with Gasteiger partial charge in [0.05, 0.1) is 11.6 Å². The number of anilines is 1. The molecule has 5 nitrogen and oxygen atoms in total. The van der Waals surface area contributed by atoms with Crippen LogP contribution in [0.5, 0.6) is 5.75 Å². The van der Waals surface area contributed by atoms with E-state index in [4.69, 9.17) is 25.8 Å². The van der Waals surface area contributed by atoms with Gasteiger partial charge in [0.1, 0.15) is 18.0 Å². The Morgan fingerprint density at radius 1 is 1.40 bits per heavy atom. The van der Waals surface area contributed by atoms with Gasteiger partial charge in [-0.25, -0.2) is 0 Å². The first kappa shape index (κ1) is 20.0. The van der Waals surface area contributed by atoms with Crippen LogP contribution in [0.1, 0.15) is 39.5 Å². The Morgan fingerprint density at radius 3 is 2.84 bits per heavy atom. The molecule has 25 heavy (non-hydrogen) atoms. The molecular formula is C19H28ClNO4. The van der Waals surface area contributed by atoms with E-state index in [-0.39, 0.29) is 5.91 Å². The quantitative estimate of drug-likeness (QED) is 0.694. The van der Waals surface area contributed by atoms with Crippen LogP contribution >= 0.6 is 11.6 Å².